The molecule has 0 amide bonds. The minimum absolute atomic E-state index is 0.0730. The second kappa shape index (κ2) is 67.9. The Labute approximate surface area is 492 Å². The van der Waals surface area contributed by atoms with Crippen molar-refractivity contribution in [1.82, 2.24) is 0 Å². The van der Waals surface area contributed by atoms with E-state index >= 15 is 0 Å². The van der Waals surface area contributed by atoms with Crippen LogP contribution in [0.2, 0.25) is 0 Å². The predicted octanol–water partition coefficient (Wildman–Crippen LogP) is 24.1. The summed E-state index contributed by atoms with van der Waals surface area (Å²) in [5, 5.41) is 0. The highest BCUT2D eigenvalue weighted by molar-refractivity contribution is 5.71. The summed E-state index contributed by atoms with van der Waals surface area (Å²) in [7, 11) is 0. The standard InChI is InChI=1S/C73H134O6/c1-4-7-10-13-16-19-22-25-28-30-32-33-34-35-36-37-38-39-41-42-45-48-51-54-57-60-63-66-72(75)78-69-70(68-77-71(74)65-62-59-56-53-50-47-44-27-24-21-18-15-12-9-6-3)79-73(76)67-64-61-58-55-52-49-46-43-40-31-29-26-23-20-17-14-11-8-5-2/h18,21-22,25,27,30,32,44,70H,4-17,19-20,23-24,26,28-29,31,33-43,45-69H2,1-3H3/b21-18-,25-22-,32-30-,44-27-. The number of rotatable bonds is 65. The van der Waals surface area contributed by atoms with E-state index < -0.39 is 6.10 Å². The molecule has 1 atom stereocenters. The molecular formula is C73H134O6. The van der Waals surface area contributed by atoms with E-state index in [0.29, 0.717) is 19.3 Å². The normalized spacial score (nSPS) is 12.3. The van der Waals surface area contributed by atoms with Crippen LogP contribution in [0, 0.1) is 0 Å². The van der Waals surface area contributed by atoms with Gasteiger partial charge in [0.15, 0.2) is 6.10 Å². The Kier molecular flexibility index (Phi) is 65.6. The van der Waals surface area contributed by atoms with E-state index in [4.69, 9.17) is 14.2 Å². The lowest BCUT2D eigenvalue weighted by molar-refractivity contribution is -0.167. The Bertz CT molecular complexity index is 1360. The summed E-state index contributed by atoms with van der Waals surface area (Å²) in [5.74, 6) is -0.861. The van der Waals surface area contributed by atoms with Gasteiger partial charge in [0.25, 0.3) is 0 Å². The van der Waals surface area contributed by atoms with Crippen molar-refractivity contribution >= 4 is 17.9 Å². The highest BCUT2D eigenvalue weighted by Crippen LogP contribution is 2.18. The molecule has 6 nitrogen and oxygen atoms in total. The van der Waals surface area contributed by atoms with Crippen molar-refractivity contribution in [2.24, 2.45) is 0 Å². The highest BCUT2D eigenvalue weighted by atomic mass is 16.6. The second-order valence-electron chi connectivity index (χ2n) is 23.8. The highest BCUT2D eigenvalue weighted by Gasteiger charge is 2.19. The number of hydrogen-bond acceptors (Lipinski definition) is 6. The summed E-state index contributed by atoms with van der Waals surface area (Å²) in [6.07, 6.45) is 85.6. The van der Waals surface area contributed by atoms with E-state index in [9.17, 15) is 14.4 Å². The predicted molar refractivity (Wildman–Crippen MR) is 344 cm³/mol. The van der Waals surface area contributed by atoms with Crippen molar-refractivity contribution in [1.29, 1.82) is 0 Å². The van der Waals surface area contributed by atoms with Gasteiger partial charge in [0, 0.05) is 19.3 Å². The lowest BCUT2D eigenvalue weighted by Gasteiger charge is -2.18. The third kappa shape index (κ3) is 66.1. The van der Waals surface area contributed by atoms with Crippen LogP contribution in [0.5, 0.6) is 0 Å². The molecule has 0 rings (SSSR count). The van der Waals surface area contributed by atoms with Crippen molar-refractivity contribution < 1.29 is 28.6 Å². The van der Waals surface area contributed by atoms with Gasteiger partial charge in [-0.25, -0.2) is 0 Å². The van der Waals surface area contributed by atoms with Gasteiger partial charge in [-0.1, -0.05) is 326 Å². The number of allylic oxidation sites excluding steroid dienone is 8. The van der Waals surface area contributed by atoms with Crippen LogP contribution >= 0.6 is 0 Å². The van der Waals surface area contributed by atoms with E-state index in [1.807, 2.05) is 0 Å². The maximum Gasteiger partial charge on any atom is 0.306 e. The third-order valence-corrected chi connectivity index (χ3v) is 15.8. The van der Waals surface area contributed by atoms with E-state index in [1.54, 1.807) is 0 Å². The average Bonchev–Trinajstić information content (AvgIpc) is 3.45. The van der Waals surface area contributed by atoms with Crippen molar-refractivity contribution in [3.05, 3.63) is 48.6 Å². The molecule has 0 aromatic rings. The van der Waals surface area contributed by atoms with Crippen LogP contribution in [0.3, 0.4) is 0 Å². The summed E-state index contributed by atoms with van der Waals surface area (Å²) < 4.78 is 17.0. The Morgan fingerprint density at radius 2 is 0.456 bits per heavy atom. The SMILES string of the molecule is CCCCC/C=C\C/C=C\CCCCCCCC(=O)OCC(COC(=O)CCCCCCCCCCCCCCCCC/C=C\C/C=C\CCCCCCC)OC(=O)CCCCCCCCCCCCCCCCCCCCC. The zero-order chi connectivity index (χ0) is 57.1. The number of carbonyl (C=O) groups is 3. The molecule has 0 saturated carbocycles. The van der Waals surface area contributed by atoms with Gasteiger partial charge < -0.3 is 14.2 Å². The fraction of sp³-hybridized carbons (Fsp3) is 0.849. The number of ether oxygens (including phenoxy) is 3. The second-order valence-corrected chi connectivity index (χ2v) is 23.8. The van der Waals surface area contributed by atoms with Gasteiger partial charge in [-0.15, -0.1) is 0 Å². The van der Waals surface area contributed by atoms with E-state index in [0.717, 1.165) is 83.5 Å². The average molecular weight is 1110 g/mol. The van der Waals surface area contributed by atoms with Gasteiger partial charge in [0.05, 0.1) is 0 Å². The molecule has 0 aromatic heterocycles. The molecule has 0 aromatic carbocycles. The first-order valence-corrected chi connectivity index (χ1v) is 35.1. The van der Waals surface area contributed by atoms with Gasteiger partial charge >= 0.3 is 17.9 Å². The van der Waals surface area contributed by atoms with Crippen molar-refractivity contribution in [3.8, 4) is 0 Å². The van der Waals surface area contributed by atoms with E-state index in [1.165, 1.54) is 257 Å². The summed E-state index contributed by atoms with van der Waals surface area (Å²) in [5.41, 5.74) is 0. The van der Waals surface area contributed by atoms with E-state index in [-0.39, 0.29) is 31.1 Å². The topological polar surface area (TPSA) is 78.9 Å². The first kappa shape index (κ1) is 76.4. The largest absolute Gasteiger partial charge is 0.462 e. The lowest BCUT2D eigenvalue weighted by atomic mass is 10.0. The molecule has 0 heterocycles. The van der Waals surface area contributed by atoms with E-state index in [2.05, 4.69) is 69.4 Å². The molecule has 0 aliphatic carbocycles. The minimum Gasteiger partial charge on any atom is -0.462 e. The minimum atomic E-state index is -0.777. The molecule has 0 N–H and O–H groups in total. The quantitative estimate of drug-likeness (QED) is 0.0261. The summed E-state index contributed by atoms with van der Waals surface area (Å²) >= 11 is 0. The zero-order valence-corrected chi connectivity index (χ0v) is 53.2. The Hall–Kier alpha value is -2.63. The first-order chi connectivity index (χ1) is 39.0. The molecule has 0 fully saturated rings. The lowest BCUT2D eigenvalue weighted by Crippen LogP contribution is -2.30. The molecule has 6 heteroatoms. The van der Waals surface area contributed by atoms with Gasteiger partial charge in [-0.3, -0.25) is 14.4 Å². The Morgan fingerprint density at radius 1 is 0.253 bits per heavy atom. The molecule has 0 bridgehead atoms. The third-order valence-electron chi connectivity index (χ3n) is 15.8. The van der Waals surface area contributed by atoms with Crippen LogP contribution in [0.15, 0.2) is 48.6 Å². The number of esters is 3. The van der Waals surface area contributed by atoms with Crippen molar-refractivity contribution in [3.63, 3.8) is 0 Å². The smallest absolute Gasteiger partial charge is 0.306 e. The molecule has 0 radical (unpaired) electrons. The Morgan fingerprint density at radius 3 is 0.722 bits per heavy atom. The zero-order valence-electron chi connectivity index (χ0n) is 53.2. The van der Waals surface area contributed by atoms with Crippen molar-refractivity contribution in [2.75, 3.05) is 13.2 Å². The number of carbonyl (C=O) groups excluding carboxylic acids is 3. The van der Waals surface area contributed by atoms with Crippen LogP contribution in [0.25, 0.3) is 0 Å². The fourth-order valence-corrected chi connectivity index (χ4v) is 10.5. The molecule has 0 saturated heterocycles. The van der Waals surface area contributed by atoms with Crippen LogP contribution in [-0.4, -0.2) is 37.2 Å². The Balaban J connectivity index is 4.26. The van der Waals surface area contributed by atoms with Gasteiger partial charge in [0.2, 0.25) is 0 Å². The van der Waals surface area contributed by atoms with Crippen molar-refractivity contribution in [2.45, 2.75) is 386 Å². The molecule has 79 heavy (non-hydrogen) atoms. The first-order valence-electron chi connectivity index (χ1n) is 35.1. The maximum absolute atomic E-state index is 12.9. The molecule has 462 valence electrons. The number of unbranched alkanes of at least 4 members (excludes halogenated alkanes) is 46. The number of hydrogen-bond donors (Lipinski definition) is 0. The molecule has 0 aliphatic rings. The van der Waals surface area contributed by atoms with Crippen LogP contribution in [-0.2, 0) is 28.6 Å². The van der Waals surface area contributed by atoms with Crippen LogP contribution in [0.1, 0.15) is 380 Å². The molecule has 0 aliphatic heterocycles. The van der Waals surface area contributed by atoms with Gasteiger partial charge in [-0.05, 0) is 83.5 Å². The summed E-state index contributed by atoms with van der Waals surface area (Å²) in [4.78, 5) is 38.4. The van der Waals surface area contributed by atoms with Crippen LogP contribution < -0.4 is 0 Å². The molecular weight excluding hydrogens is 973 g/mol. The monoisotopic (exact) mass is 1110 g/mol. The van der Waals surface area contributed by atoms with Gasteiger partial charge in [0.1, 0.15) is 13.2 Å². The van der Waals surface area contributed by atoms with Crippen LogP contribution in [0.4, 0.5) is 0 Å². The molecule has 1 unspecified atom stereocenters. The molecule has 0 spiro atoms. The maximum atomic E-state index is 12.9. The fourth-order valence-electron chi connectivity index (χ4n) is 10.5. The van der Waals surface area contributed by atoms with Gasteiger partial charge in [-0.2, -0.15) is 0 Å². The summed E-state index contributed by atoms with van der Waals surface area (Å²) in [6, 6.07) is 0. The summed E-state index contributed by atoms with van der Waals surface area (Å²) in [6.45, 7) is 6.66.